The zero-order valence-corrected chi connectivity index (χ0v) is 22.0. The van der Waals surface area contributed by atoms with E-state index in [9.17, 15) is 4.79 Å². The smallest absolute Gasteiger partial charge is 0.410 e. The van der Waals surface area contributed by atoms with Crippen LogP contribution in [0.5, 0.6) is 0 Å². The van der Waals surface area contributed by atoms with E-state index in [1.165, 1.54) is 0 Å². The molecule has 7 nitrogen and oxygen atoms in total. The predicted molar refractivity (Wildman–Crippen MR) is 132 cm³/mol. The highest BCUT2D eigenvalue weighted by atomic mass is 79.9. The Bertz CT molecular complexity index is 1060. The van der Waals surface area contributed by atoms with Gasteiger partial charge in [0.25, 0.3) is 0 Å². The van der Waals surface area contributed by atoms with Crippen molar-refractivity contribution in [2.24, 2.45) is 0 Å². The number of amides is 1. The maximum absolute atomic E-state index is 15.2. The first-order chi connectivity index (χ1) is 15.4. The second kappa shape index (κ2) is 9.15. The molecule has 2 saturated heterocycles. The Balaban J connectivity index is 1.63. The van der Waals surface area contributed by atoms with Crippen LogP contribution in [-0.4, -0.2) is 77.8 Å². The molecule has 1 aromatic heterocycles. The van der Waals surface area contributed by atoms with Crippen LogP contribution in [0.25, 0.3) is 10.9 Å². The molecule has 0 aliphatic carbocycles. The number of rotatable bonds is 3. The monoisotopic (exact) mass is 541 g/mol. The summed E-state index contributed by atoms with van der Waals surface area (Å²) in [4.78, 5) is 27.9. The average molecular weight is 543 g/mol. The quantitative estimate of drug-likeness (QED) is 0.506. The van der Waals surface area contributed by atoms with Crippen molar-refractivity contribution >= 4 is 50.5 Å². The fourth-order valence-electron chi connectivity index (χ4n) is 4.24. The second-order valence-electron chi connectivity index (χ2n) is 10.1. The van der Waals surface area contributed by atoms with Crippen molar-refractivity contribution in [3.8, 4) is 0 Å². The van der Waals surface area contributed by atoms with E-state index in [1.807, 2.05) is 34.9 Å². The van der Waals surface area contributed by atoms with Crippen LogP contribution in [0.1, 0.15) is 45.2 Å². The number of fused-ring (bicyclic) bond motifs is 1. The summed E-state index contributed by atoms with van der Waals surface area (Å²) in [5.74, 6) is 0.132. The Kier molecular flexibility index (Phi) is 6.77. The van der Waals surface area contributed by atoms with Gasteiger partial charge in [0.2, 0.25) is 5.95 Å². The molecule has 180 valence electrons. The summed E-state index contributed by atoms with van der Waals surface area (Å²) in [6.45, 7) is 8.29. The zero-order valence-electron chi connectivity index (χ0n) is 19.7. The highest BCUT2D eigenvalue weighted by molar-refractivity contribution is 9.10. The van der Waals surface area contributed by atoms with Gasteiger partial charge in [-0.3, -0.25) is 0 Å². The van der Waals surface area contributed by atoms with E-state index >= 15 is 4.39 Å². The van der Waals surface area contributed by atoms with E-state index in [-0.39, 0.29) is 22.0 Å². The number of carbonyl (C=O) groups is 1. The molecule has 4 rings (SSSR count). The Morgan fingerprint density at radius 3 is 2.45 bits per heavy atom. The van der Waals surface area contributed by atoms with Gasteiger partial charge in [-0.15, -0.1) is 0 Å². The first-order valence-electron chi connectivity index (χ1n) is 11.2. The molecule has 2 aromatic rings. The lowest BCUT2D eigenvalue weighted by atomic mass is 9.91. The van der Waals surface area contributed by atoms with Crippen LogP contribution in [0.2, 0.25) is 5.02 Å². The maximum Gasteiger partial charge on any atom is 0.410 e. The number of anilines is 1. The molecule has 2 fully saturated rings. The first-order valence-corrected chi connectivity index (χ1v) is 12.4. The van der Waals surface area contributed by atoms with E-state index in [2.05, 4.69) is 30.7 Å². The molecule has 2 aliphatic rings. The number of carbonyl (C=O) groups excluding carboxylic acids is 1. The van der Waals surface area contributed by atoms with E-state index in [0.29, 0.717) is 48.3 Å². The van der Waals surface area contributed by atoms with Crippen molar-refractivity contribution < 1.29 is 13.9 Å². The third-order valence-electron chi connectivity index (χ3n) is 6.25. The minimum absolute atomic E-state index is 0.0653. The van der Waals surface area contributed by atoms with Gasteiger partial charge < -0.3 is 19.4 Å². The standard InChI is InChI=1S/C23H30BrClFN5O2/c1-23(2,3)33-22(32)30-8-6-13(7-9-30)19-15-10-16(25)17(24)18(26)20(15)28-21(27-19)31-11-14(12-31)29(4)5/h10,13-14H,6-9,11-12H2,1-5H3. The number of nitrogens with zero attached hydrogens (tertiary/aromatic N) is 5. The van der Waals surface area contributed by atoms with Crippen molar-refractivity contribution in [1.29, 1.82) is 0 Å². The summed E-state index contributed by atoms with van der Waals surface area (Å²) in [5.41, 5.74) is 0.532. The van der Waals surface area contributed by atoms with Crippen LogP contribution in [-0.2, 0) is 4.74 Å². The van der Waals surface area contributed by atoms with E-state index in [1.54, 1.807) is 11.0 Å². The van der Waals surface area contributed by atoms with Crippen molar-refractivity contribution in [1.82, 2.24) is 19.8 Å². The summed E-state index contributed by atoms with van der Waals surface area (Å²) in [7, 11) is 4.10. The summed E-state index contributed by atoms with van der Waals surface area (Å²) in [6.07, 6.45) is 1.11. The van der Waals surface area contributed by atoms with Crippen molar-refractivity contribution in [2.45, 2.75) is 51.2 Å². The van der Waals surface area contributed by atoms with Crippen LogP contribution in [0.3, 0.4) is 0 Å². The number of aromatic nitrogens is 2. The lowest BCUT2D eigenvalue weighted by molar-refractivity contribution is 0.0204. The van der Waals surface area contributed by atoms with Gasteiger partial charge in [0.1, 0.15) is 11.1 Å². The van der Waals surface area contributed by atoms with Gasteiger partial charge in [0, 0.05) is 43.5 Å². The normalized spacial score (nSPS) is 18.2. The third-order valence-corrected chi connectivity index (χ3v) is 7.56. The van der Waals surface area contributed by atoms with Gasteiger partial charge in [-0.05, 0) is 69.7 Å². The third kappa shape index (κ3) is 5.05. The summed E-state index contributed by atoms with van der Waals surface area (Å²) < 4.78 is 20.9. The van der Waals surface area contributed by atoms with Gasteiger partial charge >= 0.3 is 6.09 Å². The van der Waals surface area contributed by atoms with Gasteiger partial charge in [-0.25, -0.2) is 19.2 Å². The molecule has 33 heavy (non-hydrogen) atoms. The lowest BCUT2D eigenvalue weighted by Gasteiger charge is -2.43. The van der Waals surface area contributed by atoms with Gasteiger partial charge in [0.15, 0.2) is 5.82 Å². The Hall–Kier alpha value is -1.71. The number of halogens is 3. The minimum atomic E-state index is -0.533. The van der Waals surface area contributed by atoms with Gasteiger partial charge in [-0.2, -0.15) is 0 Å². The topological polar surface area (TPSA) is 61.8 Å². The van der Waals surface area contributed by atoms with Crippen LogP contribution in [0.4, 0.5) is 15.1 Å². The molecule has 0 atom stereocenters. The molecule has 3 heterocycles. The van der Waals surface area contributed by atoms with Gasteiger partial charge in [-0.1, -0.05) is 11.6 Å². The molecule has 0 radical (unpaired) electrons. The molecule has 0 spiro atoms. The largest absolute Gasteiger partial charge is 0.444 e. The number of ether oxygens (including phenoxy) is 1. The molecular weight excluding hydrogens is 513 g/mol. The molecule has 0 unspecified atom stereocenters. The molecule has 1 aromatic carbocycles. The molecule has 0 N–H and O–H groups in total. The molecule has 1 amide bonds. The van der Waals surface area contributed by atoms with Crippen molar-refractivity contribution in [3.63, 3.8) is 0 Å². The average Bonchev–Trinajstić information content (AvgIpc) is 2.69. The molecule has 2 aliphatic heterocycles. The first kappa shape index (κ1) is 24.4. The van der Waals surface area contributed by atoms with Crippen LogP contribution < -0.4 is 4.90 Å². The SMILES string of the molecule is CN(C)C1CN(c2nc(C3CCN(C(=O)OC(C)(C)C)CC3)c3cc(Cl)c(Br)c(F)c3n2)C1. The second-order valence-corrected chi connectivity index (χ2v) is 11.3. The molecule has 10 heteroatoms. The highest BCUT2D eigenvalue weighted by Gasteiger charge is 2.34. The van der Waals surface area contributed by atoms with Crippen LogP contribution in [0.15, 0.2) is 10.5 Å². The Morgan fingerprint density at radius 1 is 1.24 bits per heavy atom. The molecule has 0 bridgehead atoms. The number of likely N-dealkylation sites (N-methyl/N-ethyl adjacent to an activating group) is 1. The van der Waals surface area contributed by atoms with Crippen molar-refractivity contribution in [2.75, 3.05) is 45.2 Å². The number of hydrogen-bond donors (Lipinski definition) is 0. The predicted octanol–water partition coefficient (Wildman–Crippen LogP) is 5.05. The zero-order chi connectivity index (χ0) is 24.1. The van der Waals surface area contributed by atoms with Crippen molar-refractivity contribution in [3.05, 3.63) is 27.1 Å². The number of likely N-dealkylation sites (tertiary alicyclic amines) is 1. The van der Waals surface area contributed by atoms with Gasteiger partial charge in [0.05, 0.1) is 15.2 Å². The van der Waals surface area contributed by atoms with Crippen LogP contribution >= 0.6 is 27.5 Å². The highest BCUT2D eigenvalue weighted by Crippen LogP contribution is 2.38. The van der Waals surface area contributed by atoms with Crippen LogP contribution in [0, 0.1) is 5.82 Å². The minimum Gasteiger partial charge on any atom is -0.444 e. The molecular formula is C23H30BrClFN5O2. The lowest BCUT2D eigenvalue weighted by Crippen LogP contribution is -2.58. The fourth-order valence-corrected chi connectivity index (χ4v) is 4.74. The number of piperidine rings is 1. The summed E-state index contributed by atoms with van der Waals surface area (Å²) in [6, 6.07) is 2.16. The number of hydrogen-bond acceptors (Lipinski definition) is 6. The van der Waals surface area contributed by atoms with E-state index in [4.69, 9.17) is 21.3 Å². The number of benzene rings is 1. The Labute approximate surface area is 207 Å². The summed E-state index contributed by atoms with van der Waals surface area (Å²) in [5, 5.41) is 0.922. The molecule has 0 saturated carbocycles. The Morgan fingerprint density at radius 2 is 1.88 bits per heavy atom. The van der Waals surface area contributed by atoms with E-state index < -0.39 is 11.4 Å². The fraction of sp³-hybridized carbons (Fsp3) is 0.609. The summed E-state index contributed by atoms with van der Waals surface area (Å²) >= 11 is 9.54. The van der Waals surface area contributed by atoms with E-state index in [0.717, 1.165) is 18.8 Å². The maximum atomic E-state index is 15.2.